The van der Waals surface area contributed by atoms with Gasteiger partial charge in [-0.15, -0.1) is 0 Å². The van der Waals surface area contributed by atoms with Gasteiger partial charge in [-0.2, -0.15) is 5.10 Å². The molecule has 18 heavy (non-hydrogen) atoms. The van der Waals surface area contributed by atoms with Crippen molar-refractivity contribution in [1.82, 2.24) is 15.1 Å². The summed E-state index contributed by atoms with van der Waals surface area (Å²) in [6.07, 6.45) is 3.41. The van der Waals surface area contributed by atoms with Crippen molar-refractivity contribution < 1.29 is 9.18 Å². The van der Waals surface area contributed by atoms with Crippen LogP contribution in [0.15, 0.2) is 30.6 Å². The first-order valence-electron chi connectivity index (χ1n) is 5.37. The van der Waals surface area contributed by atoms with E-state index in [1.165, 1.54) is 18.2 Å². The molecule has 1 aromatic heterocycles. The third kappa shape index (κ3) is 2.65. The number of halogens is 1. The zero-order valence-corrected chi connectivity index (χ0v) is 9.85. The second-order valence-electron chi connectivity index (χ2n) is 3.94. The zero-order valence-electron chi connectivity index (χ0n) is 9.85. The van der Waals surface area contributed by atoms with E-state index in [1.807, 2.05) is 0 Å². The van der Waals surface area contributed by atoms with Crippen molar-refractivity contribution >= 4 is 11.6 Å². The number of nitrogens with two attached hydrogens (primary N) is 1. The molecule has 94 valence electrons. The number of aryl methyl sites for hydroxylation is 1. The average molecular weight is 248 g/mol. The lowest BCUT2D eigenvalue weighted by Crippen LogP contribution is -2.23. The Morgan fingerprint density at radius 3 is 3.00 bits per heavy atom. The zero-order chi connectivity index (χ0) is 13.1. The van der Waals surface area contributed by atoms with Gasteiger partial charge in [-0.05, 0) is 18.2 Å². The van der Waals surface area contributed by atoms with Gasteiger partial charge in [-0.25, -0.2) is 4.39 Å². The highest BCUT2D eigenvalue weighted by Crippen LogP contribution is 2.12. The highest BCUT2D eigenvalue weighted by atomic mass is 19.1. The Labute approximate surface area is 103 Å². The van der Waals surface area contributed by atoms with E-state index in [-0.39, 0.29) is 5.56 Å². The predicted molar refractivity (Wildman–Crippen MR) is 65.2 cm³/mol. The molecule has 0 unspecified atom stereocenters. The van der Waals surface area contributed by atoms with Gasteiger partial charge in [0.05, 0.1) is 11.8 Å². The van der Waals surface area contributed by atoms with Crippen LogP contribution >= 0.6 is 0 Å². The second-order valence-corrected chi connectivity index (χ2v) is 3.94. The van der Waals surface area contributed by atoms with Crippen LogP contribution in [-0.4, -0.2) is 15.7 Å². The Bertz CT molecular complexity index is 579. The summed E-state index contributed by atoms with van der Waals surface area (Å²) < 4.78 is 15.0. The molecule has 0 saturated heterocycles. The van der Waals surface area contributed by atoms with Crippen molar-refractivity contribution in [2.24, 2.45) is 7.05 Å². The molecule has 1 aromatic carbocycles. The summed E-state index contributed by atoms with van der Waals surface area (Å²) in [5.74, 6) is -1.09. The fraction of sp³-hybridized carbons (Fsp3) is 0.167. The second kappa shape index (κ2) is 4.87. The Hall–Kier alpha value is -2.37. The van der Waals surface area contributed by atoms with Crippen molar-refractivity contribution in [3.8, 4) is 0 Å². The van der Waals surface area contributed by atoms with E-state index in [0.29, 0.717) is 12.2 Å². The first-order chi connectivity index (χ1) is 8.56. The third-order valence-electron chi connectivity index (χ3n) is 2.45. The summed E-state index contributed by atoms with van der Waals surface area (Å²) in [7, 11) is 1.78. The lowest BCUT2D eigenvalue weighted by Gasteiger charge is -2.05. The number of hydrogen-bond donors (Lipinski definition) is 2. The van der Waals surface area contributed by atoms with Crippen LogP contribution in [0.4, 0.5) is 10.1 Å². The molecule has 5 nitrogen and oxygen atoms in total. The molecule has 2 aromatic rings. The maximum atomic E-state index is 13.4. The molecule has 0 fully saturated rings. The number of carbonyl (C=O) groups is 1. The maximum absolute atomic E-state index is 13.4. The van der Waals surface area contributed by atoms with Crippen molar-refractivity contribution in [2.75, 3.05) is 5.73 Å². The van der Waals surface area contributed by atoms with E-state index in [9.17, 15) is 9.18 Å². The van der Waals surface area contributed by atoms with Gasteiger partial charge in [0.15, 0.2) is 0 Å². The Balaban J connectivity index is 2.05. The topological polar surface area (TPSA) is 72.9 Å². The Morgan fingerprint density at radius 2 is 2.33 bits per heavy atom. The van der Waals surface area contributed by atoms with Crippen molar-refractivity contribution in [3.05, 3.63) is 47.5 Å². The van der Waals surface area contributed by atoms with E-state index >= 15 is 0 Å². The number of rotatable bonds is 3. The van der Waals surface area contributed by atoms with Crippen LogP contribution in [0.5, 0.6) is 0 Å². The number of nitrogens with one attached hydrogen (secondary N) is 1. The molecule has 3 N–H and O–H groups in total. The van der Waals surface area contributed by atoms with E-state index in [0.717, 1.165) is 5.56 Å². The number of carbonyl (C=O) groups excluding carboxylic acids is 1. The van der Waals surface area contributed by atoms with Crippen LogP contribution in [0.3, 0.4) is 0 Å². The van der Waals surface area contributed by atoms with Gasteiger partial charge in [0, 0.05) is 31.0 Å². The minimum atomic E-state index is -0.590. The lowest BCUT2D eigenvalue weighted by molar-refractivity contribution is 0.0947. The SMILES string of the molecule is Cn1cc(CNC(=O)c2cc(N)ccc2F)cn1. The quantitative estimate of drug-likeness (QED) is 0.798. The average Bonchev–Trinajstić information content (AvgIpc) is 2.75. The minimum absolute atomic E-state index is 0.0566. The van der Waals surface area contributed by atoms with Crippen LogP contribution in [-0.2, 0) is 13.6 Å². The smallest absolute Gasteiger partial charge is 0.254 e. The maximum Gasteiger partial charge on any atom is 0.254 e. The first kappa shape index (κ1) is 12.1. The van der Waals surface area contributed by atoms with Crippen LogP contribution < -0.4 is 11.1 Å². The monoisotopic (exact) mass is 248 g/mol. The molecule has 0 atom stereocenters. The largest absolute Gasteiger partial charge is 0.399 e. The molecule has 0 bridgehead atoms. The van der Waals surface area contributed by atoms with E-state index in [4.69, 9.17) is 5.73 Å². The summed E-state index contributed by atoms with van der Waals surface area (Å²) in [5, 5.41) is 6.58. The Morgan fingerprint density at radius 1 is 1.56 bits per heavy atom. The lowest BCUT2D eigenvalue weighted by atomic mass is 10.1. The van der Waals surface area contributed by atoms with Crippen molar-refractivity contribution in [1.29, 1.82) is 0 Å². The summed E-state index contributed by atoms with van der Waals surface area (Å²) in [5.41, 5.74) is 6.65. The molecule has 0 aliphatic carbocycles. The van der Waals surface area contributed by atoms with Crippen molar-refractivity contribution in [2.45, 2.75) is 6.54 Å². The first-order valence-corrected chi connectivity index (χ1v) is 5.37. The van der Waals surface area contributed by atoms with Crippen LogP contribution in [0.2, 0.25) is 0 Å². The van der Waals surface area contributed by atoms with E-state index < -0.39 is 11.7 Å². The summed E-state index contributed by atoms with van der Waals surface area (Å²) >= 11 is 0. The van der Waals surface area contributed by atoms with E-state index in [2.05, 4.69) is 10.4 Å². The molecule has 0 radical (unpaired) electrons. The number of benzene rings is 1. The molecular formula is C12H13FN4O. The molecular weight excluding hydrogens is 235 g/mol. The van der Waals surface area contributed by atoms with E-state index in [1.54, 1.807) is 24.1 Å². The van der Waals surface area contributed by atoms with Crippen molar-refractivity contribution in [3.63, 3.8) is 0 Å². The molecule has 1 amide bonds. The number of hydrogen-bond acceptors (Lipinski definition) is 3. The highest BCUT2D eigenvalue weighted by molar-refractivity contribution is 5.95. The van der Waals surface area contributed by atoms with Crippen LogP contribution in [0.1, 0.15) is 15.9 Å². The van der Waals surface area contributed by atoms with Gasteiger partial charge in [-0.1, -0.05) is 0 Å². The predicted octanol–water partition coefficient (Wildman–Crippen LogP) is 1.07. The fourth-order valence-corrected chi connectivity index (χ4v) is 1.56. The summed E-state index contributed by atoms with van der Waals surface area (Å²) in [4.78, 5) is 11.8. The molecule has 0 aliphatic rings. The number of nitrogens with zero attached hydrogens (tertiary/aromatic N) is 2. The van der Waals surface area contributed by atoms with Gasteiger partial charge in [-0.3, -0.25) is 9.48 Å². The number of aromatic nitrogens is 2. The van der Waals surface area contributed by atoms with Gasteiger partial charge in [0.1, 0.15) is 5.82 Å². The molecule has 0 spiro atoms. The minimum Gasteiger partial charge on any atom is -0.399 e. The molecule has 0 saturated carbocycles. The standard InChI is InChI=1S/C12H13FN4O/c1-17-7-8(6-16-17)5-15-12(18)10-4-9(14)2-3-11(10)13/h2-4,6-7H,5,14H2,1H3,(H,15,18). The summed E-state index contributed by atoms with van der Waals surface area (Å²) in [6.45, 7) is 0.293. The third-order valence-corrected chi connectivity index (χ3v) is 2.45. The molecule has 6 heteroatoms. The number of nitrogen functional groups attached to an aromatic ring is 1. The number of amides is 1. The highest BCUT2D eigenvalue weighted by Gasteiger charge is 2.11. The molecule has 0 aliphatic heterocycles. The van der Waals surface area contributed by atoms with Gasteiger partial charge >= 0.3 is 0 Å². The van der Waals surface area contributed by atoms with Gasteiger partial charge < -0.3 is 11.1 Å². The fourth-order valence-electron chi connectivity index (χ4n) is 1.56. The van der Waals surface area contributed by atoms with Crippen LogP contribution in [0, 0.1) is 5.82 Å². The number of anilines is 1. The molecule has 1 heterocycles. The normalized spacial score (nSPS) is 10.3. The van der Waals surface area contributed by atoms with Crippen LogP contribution in [0.25, 0.3) is 0 Å². The van der Waals surface area contributed by atoms with Gasteiger partial charge in [0.2, 0.25) is 0 Å². The summed E-state index contributed by atoms with van der Waals surface area (Å²) in [6, 6.07) is 3.90. The van der Waals surface area contributed by atoms with Gasteiger partial charge in [0.25, 0.3) is 5.91 Å². The Kier molecular flexibility index (Phi) is 3.27. The molecule has 2 rings (SSSR count).